The summed E-state index contributed by atoms with van der Waals surface area (Å²) < 4.78 is 2.00. The molecule has 172 valence electrons. The minimum absolute atomic E-state index is 0.0126. The van der Waals surface area contributed by atoms with Crippen LogP contribution in [0.5, 0.6) is 0 Å². The van der Waals surface area contributed by atoms with Gasteiger partial charge in [-0.1, -0.05) is 47.1 Å². The van der Waals surface area contributed by atoms with Crippen molar-refractivity contribution in [3.8, 4) is 0 Å². The number of unbranched alkanes of at least 4 members (excludes halogenated alkanes) is 2. The zero-order valence-electron chi connectivity index (χ0n) is 20.2. The number of benzene rings is 1. The lowest BCUT2D eigenvalue weighted by Crippen LogP contribution is -2.19. The summed E-state index contributed by atoms with van der Waals surface area (Å²) in [5, 5.41) is 12.0. The summed E-state index contributed by atoms with van der Waals surface area (Å²) in [5.41, 5.74) is 3.14. The summed E-state index contributed by atoms with van der Waals surface area (Å²) >= 11 is 0. The minimum atomic E-state index is -0.258. The van der Waals surface area contributed by atoms with Gasteiger partial charge >= 0.3 is 0 Å². The van der Waals surface area contributed by atoms with E-state index < -0.39 is 0 Å². The van der Waals surface area contributed by atoms with Crippen LogP contribution in [0.4, 0.5) is 5.82 Å². The van der Waals surface area contributed by atoms with Gasteiger partial charge in [-0.15, -0.1) is 10.2 Å². The zero-order valence-corrected chi connectivity index (χ0v) is 20.2. The molecular formula is C25H35N5O2. The lowest BCUT2D eigenvalue weighted by atomic mass is 9.88. The smallest absolute Gasteiger partial charge is 0.204 e. The first-order chi connectivity index (χ1) is 15.1. The molecule has 0 bridgehead atoms. The van der Waals surface area contributed by atoms with Gasteiger partial charge in [0.1, 0.15) is 17.4 Å². The van der Waals surface area contributed by atoms with E-state index in [1.165, 1.54) is 0 Å². The third kappa shape index (κ3) is 5.50. The number of ketones is 2. The van der Waals surface area contributed by atoms with Gasteiger partial charge in [-0.3, -0.25) is 14.0 Å². The van der Waals surface area contributed by atoms with E-state index in [-0.39, 0.29) is 17.1 Å². The first-order valence-corrected chi connectivity index (χ1v) is 11.5. The quantitative estimate of drug-likeness (QED) is 0.452. The number of anilines is 1. The highest BCUT2D eigenvalue weighted by molar-refractivity contribution is 5.86. The topological polar surface area (TPSA) is 89.2 Å². The van der Waals surface area contributed by atoms with E-state index in [0.717, 1.165) is 48.2 Å². The Balaban J connectivity index is 1.71. The fraction of sp³-hybridized carbons (Fsp3) is 0.560. The highest BCUT2D eigenvalue weighted by Gasteiger charge is 2.20. The van der Waals surface area contributed by atoms with Crippen LogP contribution in [0.3, 0.4) is 0 Å². The molecule has 0 fully saturated rings. The largest absolute Gasteiger partial charge is 0.367 e. The van der Waals surface area contributed by atoms with Gasteiger partial charge < -0.3 is 5.32 Å². The van der Waals surface area contributed by atoms with E-state index in [2.05, 4.69) is 15.5 Å². The number of aryl methyl sites for hydroxylation is 1. The van der Waals surface area contributed by atoms with E-state index in [9.17, 15) is 9.59 Å². The van der Waals surface area contributed by atoms with Crippen LogP contribution in [0.1, 0.15) is 71.7 Å². The molecular weight excluding hydrogens is 402 g/mol. The number of hydrogen-bond acceptors (Lipinski definition) is 6. The second-order valence-electron chi connectivity index (χ2n) is 9.90. The van der Waals surface area contributed by atoms with Gasteiger partial charge in [0.05, 0.1) is 11.0 Å². The van der Waals surface area contributed by atoms with Crippen LogP contribution in [0.25, 0.3) is 16.7 Å². The van der Waals surface area contributed by atoms with Crippen LogP contribution in [0.15, 0.2) is 18.2 Å². The molecule has 0 aliphatic heterocycles. The molecule has 0 radical (unpaired) electrons. The zero-order chi connectivity index (χ0) is 23.5. The number of Topliss-reactive ketones (excluding diaryl/α,β-unsaturated/α-hetero) is 2. The fourth-order valence-corrected chi connectivity index (χ4v) is 3.62. The van der Waals surface area contributed by atoms with Gasteiger partial charge in [0.15, 0.2) is 5.82 Å². The molecule has 1 N–H and O–H groups in total. The van der Waals surface area contributed by atoms with E-state index in [4.69, 9.17) is 4.98 Å². The number of hydrogen-bond donors (Lipinski definition) is 1. The number of carbonyl (C=O) groups excluding carboxylic acids is 2. The molecule has 0 saturated carbocycles. The predicted molar refractivity (Wildman–Crippen MR) is 128 cm³/mol. The number of nitrogens with one attached hydrogen (secondary N) is 1. The van der Waals surface area contributed by atoms with Crippen LogP contribution in [0, 0.1) is 18.3 Å². The van der Waals surface area contributed by atoms with Crippen molar-refractivity contribution >= 4 is 34.1 Å². The van der Waals surface area contributed by atoms with Crippen LogP contribution in [-0.4, -0.2) is 37.7 Å². The van der Waals surface area contributed by atoms with E-state index >= 15 is 0 Å². The van der Waals surface area contributed by atoms with Crippen LogP contribution < -0.4 is 5.32 Å². The average Bonchev–Trinajstić information content (AvgIpc) is 3.11. The van der Waals surface area contributed by atoms with E-state index in [0.29, 0.717) is 30.1 Å². The molecule has 0 unspecified atom stereocenters. The molecule has 32 heavy (non-hydrogen) atoms. The molecule has 2 aromatic heterocycles. The molecule has 0 amide bonds. The van der Waals surface area contributed by atoms with Crippen molar-refractivity contribution in [2.75, 3.05) is 11.9 Å². The first kappa shape index (κ1) is 23.8. The Morgan fingerprint density at radius 1 is 1.09 bits per heavy atom. The standard InChI is InChI=1S/C25H35N5O2/c1-16(2)21(31)15-18-11-12-19-20(14-18)30-17(3)28-29-24(30)23(27-19)26-13-9-7-8-10-22(32)25(4,5)6/h11-12,14,16H,7-10,13,15H2,1-6H3,(H,26,27). The highest BCUT2D eigenvalue weighted by atomic mass is 16.1. The van der Waals surface area contributed by atoms with Gasteiger partial charge in [-0.2, -0.15) is 0 Å². The number of rotatable bonds is 10. The molecule has 0 aliphatic carbocycles. The van der Waals surface area contributed by atoms with Crippen molar-refractivity contribution in [3.05, 3.63) is 29.6 Å². The molecule has 0 saturated heterocycles. The maximum atomic E-state index is 12.2. The van der Waals surface area contributed by atoms with Gasteiger partial charge in [-0.05, 0) is 37.5 Å². The van der Waals surface area contributed by atoms with Gasteiger partial charge in [0, 0.05) is 30.7 Å². The summed E-state index contributed by atoms with van der Waals surface area (Å²) in [6.45, 7) is 12.4. The minimum Gasteiger partial charge on any atom is -0.367 e. The molecule has 0 aliphatic rings. The molecule has 0 spiro atoms. The van der Waals surface area contributed by atoms with Crippen molar-refractivity contribution in [3.63, 3.8) is 0 Å². The molecule has 1 aromatic carbocycles. The highest BCUT2D eigenvalue weighted by Crippen LogP contribution is 2.24. The Hall–Kier alpha value is -2.83. The Kier molecular flexibility index (Phi) is 7.26. The van der Waals surface area contributed by atoms with Gasteiger partial charge in [0.25, 0.3) is 0 Å². The normalized spacial score (nSPS) is 12.1. The Labute approximate surface area is 190 Å². The Bertz CT molecular complexity index is 1120. The summed E-state index contributed by atoms with van der Waals surface area (Å²) in [6, 6.07) is 5.94. The molecule has 7 heteroatoms. The summed E-state index contributed by atoms with van der Waals surface area (Å²) in [5.74, 6) is 2.03. The van der Waals surface area contributed by atoms with Crippen molar-refractivity contribution in [2.45, 2.75) is 73.6 Å². The number of nitrogens with zero attached hydrogens (tertiary/aromatic N) is 4. The number of fused-ring (bicyclic) bond motifs is 3. The summed E-state index contributed by atoms with van der Waals surface area (Å²) in [6.07, 6.45) is 3.88. The van der Waals surface area contributed by atoms with Crippen LogP contribution in [0.2, 0.25) is 0 Å². The molecule has 3 aromatic rings. The summed E-state index contributed by atoms with van der Waals surface area (Å²) in [4.78, 5) is 29.0. The third-order valence-corrected chi connectivity index (χ3v) is 5.78. The average molecular weight is 438 g/mol. The summed E-state index contributed by atoms with van der Waals surface area (Å²) in [7, 11) is 0. The second kappa shape index (κ2) is 9.76. The van der Waals surface area contributed by atoms with Crippen LogP contribution in [-0.2, 0) is 16.0 Å². The lowest BCUT2D eigenvalue weighted by molar-refractivity contribution is -0.126. The molecule has 0 atom stereocenters. The predicted octanol–water partition coefficient (Wildman–Crippen LogP) is 4.94. The maximum Gasteiger partial charge on any atom is 0.204 e. The third-order valence-electron chi connectivity index (χ3n) is 5.78. The van der Waals surface area contributed by atoms with Crippen molar-refractivity contribution in [1.82, 2.24) is 19.6 Å². The molecule has 7 nitrogen and oxygen atoms in total. The number of carbonyl (C=O) groups is 2. The molecule has 2 heterocycles. The fourth-order valence-electron chi connectivity index (χ4n) is 3.62. The Morgan fingerprint density at radius 3 is 2.53 bits per heavy atom. The van der Waals surface area contributed by atoms with E-state index in [1.54, 1.807) is 0 Å². The monoisotopic (exact) mass is 437 g/mol. The SMILES string of the molecule is Cc1nnc2c(NCCCCCC(=O)C(C)(C)C)nc3ccc(CC(=O)C(C)C)cc3n12. The number of aromatic nitrogens is 4. The second-order valence-corrected chi connectivity index (χ2v) is 9.90. The van der Waals surface area contributed by atoms with Gasteiger partial charge in [-0.25, -0.2) is 4.98 Å². The lowest BCUT2D eigenvalue weighted by Gasteiger charge is -2.16. The maximum absolute atomic E-state index is 12.2. The van der Waals surface area contributed by atoms with Gasteiger partial charge in [0.2, 0.25) is 5.65 Å². The van der Waals surface area contributed by atoms with Crippen molar-refractivity contribution in [2.24, 2.45) is 11.3 Å². The molecule has 3 rings (SSSR count). The van der Waals surface area contributed by atoms with Crippen molar-refractivity contribution < 1.29 is 9.59 Å². The Morgan fingerprint density at radius 2 is 1.84 bits per heavy atom. The van der Waals surface area contributed by atoms with Crippen molar-refractivity contribution in [1.29, 1.82) is 0 Å². The first-order valence-electron chi connectivity index (χ1n) is 11.5. The van der Waals surface area contributed by atoms with Crippen LogP contribution >= 0.6 is 0 Å². The van der Waals surface area contributed by atoms with E-state index in [1.807, 2.05) is 64.1 Å².